The van der Waals surface area contributed by atoms with Crippen LogP contribution in [0.3, 0.4) is 0 Å². The number of nitrogens with zero attached hydrogens (tertiary/aromatic N) is 1. The third-order valence-corrected chi connectivity index (χ3v) is 7.40. The van der Waals surface area contributed by atoms with Crippen LogP contribution in [0.25, 0.3) is 0 Å². The lowest BCUT2D eigenvalue weighted by Gasteiger charge is -2.27. The predicted molar refractivity (Wildman–Crippen MR) is 129 cm³/mol. The molecule has 33 heavy (non-hydrogen) atoms. The molecule has 180 valence electrons. The van der Waals surface area contributed by atoms with Crippen LogP contribution in [-0.2, 0) is 40.3 Å². The van der Waals surface area contributed by atoms with Crippen molar-refractivity contribution in [3.8, 4) is 0 Å². The van der Waals surface area contributed by atoms with Crippen molar-refractivity contribution >= 4 is 27.7 Å². The zero-order valence-electron chi connectivity index (χ0n) is 19.7. The van der Waals surface area contributed by atoms with Crippen LogP contribution in [-0.4, -0.2) is 39.4 Å². The largest absolute Gasteiger partial charge is 0.444 e. The predicted octanol–water partition coefficient (Wildman–Crippen LogP) is 4.66. The summed E-state index contributed by atoms with van der Waals surface area (Å²) in [7, 11) is -3.52. The van der Waals surface area contributed by atoms with Gasteiger partial charge in [0.2, 0.25) is 0 Å². The number of amides is 3. The number of carbonyl (C=O) groups excluding carboxylic acids is 2. The second kappa shape index (κ2) is 9.00. The van der Waals surface area contributed by atoms with Gasteiger partial charge < -0.3 is 15.0 Å². The number of ether oxygens (including phenoxy) is 1. The SMILES string of the molecule is CC(C)(C)OC(=O)N1CCC[C@@H]1/C=C/S(=N)(=O)NC(=O)Nc1c2c(cc3c1CCC3)CCC2. The molecule has 0 spiro atoms. The van der Waals surface area contributed by atoms with Gasteiger partial charge in [-0.05, 0) is 94.4 Å². The van der Waals surface area contributed by atoms with E-state index < -0.39 is 27.6 Å². The zero-order chi connectivity index (χ0) is 23.8. The molecule has 0 bridgehead atoms. The number of hydrogen-bond donors (Lipinski definition) is 3. The minimum absolute atomic E-state index is 0.309. The third kappa shape index (κ3) is 5.51. The number of likely N-dealkylation sites (tertiary alicyclic amines) is 1. The molecule has 2 atom stereocenters. The molecule has 8 nitrogen and oxygen atoms in total. The highest BCUT2D eigenvalue weighted by Crippen LogP contribution is 2.38. The van der Waals surface area contributed by atoms with Crippen molar-refractivity contribution in [3.63, 3.8) is 0 Å². The molecule has 0 radical (unpaired) electrons. The van der Waals surface area contributed by atoms with Crippen LogP contribution >= 0.6 is 0 Å². The highest BCUT2D eigenvalue weighted by atomic mass is 32.2. The molecule has 1 saturated heterocycles. The van der Waals surface area contributed by atoms with Gasteiger partial charge in [-0.25, -0.2) is 23.3 Å². The number of hydrogen-bond acceptors (Lipinski definition) is 5. The Bertz CT molecular complexity index is 1060. The Morgan fingerprint density at radius 1 is 1.12 bits per heavy atom. The molecule has 0 aromatic heterocycles. The number of aryl methyl sites for hydroxylation is 2. The molecule has 1 aliphatic heterocycles. The van der Waals surface area contributed by atoms with Gasteiger partial charge in [0.1, 0.15) is 5.60 Å². The van der Waals surface area contributed by atoms with Gasteiger partial charge in [-0.3, -0.25) is 0 Å². The Morgan fingerprint density at radius 2 is 1.76 bits per heavy atom. The maximum absolute atomic E-state index is 12.8. The number of fused-ring (bicyclic) bond motifs is 2. The Labute approximate surface area is 196 Å². The first-order valence-electron chi connectivity index (χ1n) is 11.7. The summed E-state index contributed by atoms with van der Waals surface area (Å²) in [6.07, 6.45) is 8.68. The summed E-state index contributed by atoms with van der Waals surface area (Å²) >= 11 is 0. The Morgan fingerprint density at radius 3 is 2.36 bits per heavy atom. The Kier molecular flexibility index (Phi) is 6.44. The lowest BCUT2D eigenvalue weighted by Crippen LogP contribution is -2.39. The Hall–Kier alpha value is -2.55. The molecular weight excluding hydrogens is 440 g/mol. The molecule has 3 aliphatic rings. The molecule has 1 heterocycles. The molecule has 1 fully saturated rings. The average Bonchev–Trinajstić information content (AvgIpc) is 3.44. The second-order valence-corrected chi connectivity index (χ2v) is 11.8. The second-order valence-electron chi connectivity index (χ2n) is 10.1. The summed E-state index contributed by atoms with van der Waals surface area (Å²) in [6.45, 7) is 5.97. The molecule has 3 N–H and O–H groups in total. The third-order valence-electron chi connectivity index (χ3n) is 6.38. The van der Waals surface area contributed by atoms with Gasteiger partial charge in [-0.15, -0.1) is 0 Å². The van der Waals surface area contributed by atoms with Gasteiger partial charge in [-0.1, -0.05) is 12.1 Å². The highest BCUT2D eigenvalue weighted by Gasteiger charge is 2.31. The normalized spacial score (nSPS) is 21.5. The van der Waals surface area contributed by atoms with Crippen molar-refractivity contribution in [1.29, 1.82) is 4.78 Å². The molecule has 2 aliphatic carbocycles. The van der Waals surface area contributed by atoms with Gasteiger partial charge in [0.05, 0.1) is 6.04 Å². The molecule has 9 heteroatoms. The van der Waals surface area contributed by atoms with Crippen LogP contribution < -0.4 is 10.0 Å². The number of anilines is 1. The molecule has 4 rings (SSSR count). The molecule has 3 amide bonds. The standard InChI is InChI=1S/C24H34N4O4S/c1-24(2,3)32-23(30)28-13-6-9-18(28)12-14-33(25,31)27-22(29)26-21-19-10-4-7-16(19)15-17-8-5-11-20(17)21/h12,14-15,18H,4-11,13H2,1-3H3,(H3,25,26,27,29,31)/b14-12+/t18-,33?/m1/s1. The van der Waals surface area contributed by atoms with Gasteiger partial charge in [-0.2, -0.15) is 0 Å². The number of urea groups is 1. The van der Waals surface area contributed by atoms with Crippen molar-refractivity contribution < 1.29 is 18.5 Å². The quantitative estimate of drug-likeness (QED) is 0.589. The van der Waals surface area contributed by atoms with E-state index in [1.54, 1.807) is 11.0 Å². The van der Waals surface area contributed by atoms with E-state index in [1.807, 2.05) is 20.8 Å². The molecular formula is C24H34N4O4S. The maximum atomic E-state index is 12.8. The Balaban J connectivity index is 1.42. The topological polar surface area (TPSA) is 112 Å². The van der Waals surface area contributed by atoms with E-state index in [4.69, 9.17) is 9.52 Å². The highest BCUT2D eigenvalue weighted by molar-refractivity contribution is 7.93. The number of benzene rings is 1. The first-order valence-corrected chi connectivity index (χ1v) is 13.4. The van der Waals surface area contributed by atoms with Crippen LogP contribution in [0.1, 0.15) is 68.7 Å². The van der Waals surface area contributed by atoms with Crippen molar-refractivity contribution in [2.45, 2.75) is 83.8 Å². The summed E-state index contributed by atoms with van der Waals surface area (Å²) in [4.78, 5) is 26.7. The summed E-state index contributed by atoms with van der Waals surface area (Å²) in [5.41, 5.74) is 5.19. The van der Waals surface area contributed by atoms with E-state index in [9.17, 15) is 13.8 Å². The summed E-state index contributed by atoms with van der Waals surface area (Å²) in [5, 5.41) is 4.11. The summed E-state index contributed by atoms with van der Waals surface area (Å²) in [6, 6.07) is 1.34. The minimum Gasteiger partial charge on any atom is -0.444 e. The first-order chi connectivity index (χ1) is 15.5. The van der Waals surface area contributed by atoms with Crippen LogP contribution in [0.5, 0.6) is 0 Å². The van der Waals surface area contributed by atoms with E-state index in [1.165, 1.54) is 27.7 Å². The van der Waals surface area contributed by atoms with Crippen LogP contribution in [0, 0.1) is 4.78 Å². The number of nitrogens with one attached hydrogen (secondary N) is 3. The minimum atomic E-state index is -3.52. The fourth-order valence-corrected chi connectivity index (χ4v) is 5.82. The van der Waals surface area contributed by atoms with Gasteiger partial charge >= 0.3 is 12.1 Å². The molecule has 1 aromatic carbocycles. The summed E-state index contributed by atoms with van der Waals surface area (Å²) in [5.74, 6) is 0. The number of carbonyl (C=O) groups is 2. The lowest BCUT2D eigenvalue weighted by molar-refractivity contribution is 0.0256. The van der Waals surface area contributed by atoms with E-state index in [2.05, 4.69) is 16.1 Å². The average molecular weight is 475 g/mol. The smallest absolute Gasteiger partial charge is 0.410 e. The van der Waals surface area contributed by atoms with E-state index in [0.717, 1.165) is 50.6 Å². The zero-order valence-corrected chi connectivity index (χ0v) is 20.5. The van der Waals surface area contributed by atoms with Crippen molar-refractivity contribution in [2.75, 3.05) is 11.9 Å². The van der Waals surface area contributed by atoms with Crippen molar-refractivity contribution in [1.82, 2.24) is 9.62 Å². The first kappa shape index (κ1) is 23.6. The van der Waals surface area contributed by atoms with E-state index >= 15 is 0 Å². The fraction of sp³-hybridized carbons (Fsp3) is 0.583. The summed E-state index contributed by atoms with van der Waals surface area (Å²) < 4.78 is 28.7. The van der Waals surface area contributed by atoms with Crippen molar-refractivity contribution in [3.05, 3.63) is 39.8 Å². The number of rotatable bonds is 4. The fourth-order valence-electron chi connectivity index (χ4n) is 5.02. The molecule has 1 aromatic rings. The van der Waals surface area contributed by atoms with E-state index in [-0.39, 0.29) is 6.04 Å². The maximum Gasteiger partial charge on any atom is 0.410 e. The van der Waals surface area contributed by atoms with Crippen LogP contribution in [0.15, 0.2) is 17.6 Å². The molecule has 0 saturated carbocycles. The van der Waals surface area contributed by atoms with Crippen molar-refractivity contribution in [2.24, 2.45) is 0 Å². The van der Waals surface area contributed by atoms with Crippen LogP contribution in [0.4, 0.5) is 15.3 Å². The lowest BCUT2D eigenvalue weighted by atomic mass is 9.99. The molecule has 1 unspecified atom stereocenters. The monoisotopic (exact) mass is 474 g/mol. The van der Waals surface area contributed by atoms with Gasteiger partial charge in [0.15, 0.2) is 9.92 Å². The van der Waals surface area contributed by atoms with Gasteiger partial charge in [0.25, 0.3) is 0 Å². The van der Waals surface area contributed by atoms with E-state index in [0.29, 0.717) is 13.0 Å². The van der Waals surface area contributed by atoms with Crippen LogP contribution in [0.2, 0.25) is 0 Å². The van der Waals surface area contributed by atoms with Gasteiger partial charge in [0, 0.05) is 17.6 Å².